The molecule has 0 amide bonds. The molecule has 1 fully saturated rings. The zero-order chi connectivity index (χ0) is 13.5. The van der Waals surface area contributed by atoms with Crippen LogP contribution in [-0.4, -0.2) is 18.2 Å². The third-order valence-electron chi connectivity index (χ3n) is 4.46. The Morgan fingerprint density at radius 2 is 1.84 bits per heavy atom. The Hall–Kier alpha value is -1.02. The summed E-state index contributed by atoms with van der Waals surface area (Å²) in [4.78, 5) is 0. The Bertz CT molecular complexity index is 369. The predicted octanol–water partition coefficient (Wildman–Crippen LogP) is 3.88. The minimum absolute atomic E-state index is 0.380. The minimum Gasteiger partial charge on any atom is -0.508 e. The molecular weight excluding hydrogens is 234 g/mol. The molecule has 1 unspecified atom stereocenters. The van der Waals surface area contributed by atoms with Gasteiger partial charge in [0.05, 0.1) is 0 Å². The maximum atomic E-state index is 9.57. The van der Waals surface area contributed by atoms with Crippen LogP contribution in [0.2, 0.25) is 0 Å². The van der Waals surface area contributed by atoms with Gasteiger partial charge in [0.25, 0.3) is 0 Å². The molecule has 0 spiro atoms. The highest BCUT2D eigenvalue weighted by atomic mass is 16.3. The van der Waals surface area contributed by atoms with E-state index in [1.807, 2.05) is 12.1 Å². The van der Waals surface area contributed by atoms with Gasteiger partial charge >= 0.3 is 0 Å². The number of likely N-dealkylation sites (N-methyl/N-ethyl adjacent to an activating group) is 1. The van der Waals surface area contributed by atoms with Gasteiger partial charge < -0.3 is 10.4 Å². The van der Waals surface area contributed by atoms with E-state index in [1.54, 1.807) is 6.07 Å². The van der Waals surface area contributed by atoms with E-state index in [9.17, 15) is 5.11 Å². The van der Waals surface area contributed by atoms with Crippen molar-refractivity contribution < 1.29 is 5.11 Å². The van der Waals surface area contributed by atoms with Crippen molar-refractivity contribution in [2.24, 2.45) is 5.92 Å². The van der Waals surface area contributed by atoms with E-state index >= 15 is 0 Å². The second-order valence-corrected chi connectivity index (χ2v) is 5.87. The summed E-state index contributed by atoms with van der Waals surface area (Å²) in [6, 6.07) is 8.24. The molecule has 1 atom stereocenters. The lowest BCUT2D eigenvalue weighted by Crippen LogP contribution is -2.36. The van der Waals surface area contributed by atoms with Crippen molar-refractivity contribution in [2.45, 2.75) is 57.4 Å². The fourth-order valence-electron chi connectivity index (χ4n) is 3.33. The normalized spacial score (nSPS) is 19.6. The smallest absolute Gasteiger partial charge is 0.115 e. The fourth-order valence-corrected chi connectivity index (χ4v) is 3.33. The van der Waals surface area contributed by atoms with E-state index in [4.69, 9.17) is 0 Å². The summed E-state index contributed by atoms with van der Waals surface area (Å²) in [6.07, 6.45) is 10.7. The molecule has 0 aliphatic heterocycles. The SMILES string of the molecule is CNC(Cc1cccc(O)c1)C1CCCCCCC1. The molecule has 1 aliphatic carbocycles. The predicted molar refractivity (Wildman–Crippen MR) is 80.5 cm³/mol. The minimum atomic E-state index is 0.380. The highest BCUT2D eigenvalue weighted by Crippen LogP contribution is 2.27. The zero-order valence-electron chi connectivity index (χ0n) is 12.1. The molecule has 2 rings (SSSR count). The van der Waals surface area contributed by atoms with Gasteiger partial charge in [0.1, 0.15) is 5.75 Å². The van der Waals surface area contributed by atoms with Crippen molar-refractivity contribution in [1.29, 1.82) is 0 Å². The van der Waals surface area contributed by atoms with Crippen LogP contribution in [0, 0.1) is 5.92 Å². The van der Waals surface area contributed by atoms with Crippen LogP contribution in [-0.2, 0) is 6.42 Å². The Morgan fingerprint density at radius 3 is 2.47 bits per heavy atom. The summed E-state index contributed by atoms with van der Waals surface area (Å²) in [5, 5.41) is 13.1. The van der Waals surface area contributed by atoms with Crippen molar-refractivity contribution >= 4 is 0 Å². The van der Waals surface area contributed by atoms with Crippen LogP contribution in [0.25, 0.3) is 0 Å². The molecule has 106 valence electrons. The van der Waals surface area contributed by atoms with Crippen LogP contribution in [0.5, 0.6) is 5.75 Å². The molecule has 2 N–H and O–H groups in total. The molecule has 1 aliphatic rings. The van der Waals surface area contributed by atoms with Gasteiger partial charge in [-0.1, -0.05) is 44.2 Å². The first-order valence-corrected chi connectivity index (χ1v) is 7.75. The lowest BCUT2D eigenvalue weighted by Gasteiger charge is -2.28. The van der Waals surface area contributed by atoms with Crippen LogP contribution >= 0.6 is 0 Å². The first-order chi connectivity index (χ1) is 9.29. The number of phenols is 1. The second-order valence-electron chi connectivity index (χ2n) is 5.87. The largest absolute Gasteiger partial charge is 0.508 e. The van der Waals surface area contributed by atoms with E-state index in [0.717, 1.165) is 12.3 Å². The van der Waals surface area contributed by atoms with E-state index in [2.05, 4.69) is 18.4 Å². The maximum absolute atomic E-state index is 9.57. The highest BCUT2D eigenvalue weighted by Gasteiger charge is 2.21. The Balaban J connectivity index is 1.97. The summed E-state index contributed by atoms with van der Waals surface area (Å²) in [5.74, 6) is 1.16. The third kappa shape index (κ3) is 4.54. The van der Waals surface area contributed by atoms with E-state index < -0.39 is 0 Å². The van der Waals surface area contributed by atoms with Gasteiger partial charge in [0, 0.05) is 6.04 Å². The monoisotopic (exact) mass is 261 g/mol. The fraction of sp³-hybridized carbons (Fsp3) is 0.647. The van der Waals surface area contributed by atoms with E-state index in [0.29, 0.717) is 11.8 Å². The summed E-state index contributed by atoms with van der Waals surface area (Å²) >= 11 is 0. The Morgan fingerprint density at radius 1 is 1.16 bits per heavy atom. The molecule has 0 bridgehead atoms. The van der Waals surface area contributed by atoms with Gasteiger partial charge in [0.2, 0.25) is 0 Å². The van der Waals surface area contributed by atoms with Crippen LogP contribution in [0.3, 0.4) is 0 Å². The molecule has 1 aromatic carbocycles. The quantitative estimate of drug-likeness (QED) is 0.862. The number of hydrogen-bond donors (Lipinski definition) is 2. The summed E-state index contributed by atoms with van der Waals surface area (Å²) < 4.78 is 0. The summed E-state index contributed by atoms with van der Waals surface area (Å²) in [5.41, 5.74) is 1.24. The zero-order valence-corrected chi connectivity index (χ0v) is 12.1. The van der Waals surface area contributed by atoms with Crippen molar-refractivity contribution in [2.75, 3.05) is 7.05 Å². The molecule has 19 heavy (non-hydrogen) atoms. The van der Waals surface area contributed by atoms with Crippen LogP contribution < -0.4 is 5.32 Å². The number of nitrogens with one attached hydrogen (secondary N) is 1. The molecular formula is C17H27NO. The average molecular weight is 261 g/mol. The summed E-state index contributed by atoms with van der Waals surface area (Å²) in [7, 11) is 2.08. The van der Waals surface area contributed by atoms with Crippen LogP contribution in [0.15, 0.2) is 24.3 Å². The average Bonchev–Trinajstić information content (AvgIpc) is 2.36. The topological polar surface area (TPSA) is 32.3 Å². The van der Waals surface area contributed by atoms with Gasteiger partial charge in [0.15, 0.2) is 0 Å². The first-order valence-electron chi connectivity index (χ1n) is 7.75. The third-order valence-corrected chi connectivity index (χ3v) is 4.46. The molecule has 1 saturated carbocycles. The van der Waals surface area contributed by atoms with Gasteiger partial charge in [-0.05, 0) is 49.9 Å². The molecule has 2 heteroatoms. The lowest BCUT2D eigenvalue weighted by molar-refractivity contribution is 0.293. The number of hydrogen-bond acceptors (Lipinski definition) is 2. The van der Waals surface area contributed by atoms with Gasteiger partial charge in [-0.25, -0.2) is 0 Å². The maximum Gasteiger partial charge on any atom is 0.115 e. The Kier molecular flexibility index (Phi) is 5.71. The molecule has 0 aromatic heterocycles. The van der Waals surface area contributed by atoms with Gasteiger partial charge in [-0.3, -0.25) is 0 Å². The van der Waals surface area contributed by atoms with E-state index in [1.165, 1.54) is 50.5 Å². The molecule has 1 aromatic rings. The van der Waals surface area contributed by atoms with Crippen molar-refractivity contribution in [3.8, 4) is 5.75 Å². The summed E-state index contributed by atoms with van der Waals surface area (Å²) in [6.45, 7) is 0. The molecule has 0 saturated heterocycles. The standard InChI is InChI=1S/C17H27NO/c1-18-17(13-14-8-7-11-16(19)12-14)15-9-5-3-2-4-6-10-15/h7-8,11-12,15,17-19H,2-6,9-10,13H2,1H3. The van der Waals surface area contributed by atoms with Crippen molar-refractivity contribution in [3.63, 3.8) is 0 Å². The van der Waals surface area contributed by atoms with E-state index in [-0.39, 0.29) is 0 Å². The Labute approximate surface area is 117 Å². The number of benzene rings is 1. The molecule has 0 heterocycles. The molecule has 2 nitrogen and oxygen atoms in total. The van der Waals surface area contributed by atoms with Crippen molar-refractivity contribution in [3.05, 3.63) is 29.8 Å². The van der Waals surface area contributed by atoms with Crippen molar-refractivity contribution in [1.82, 2.24) is 5.32 Å². The number of rotatable bonds is 4. The highest BCUT2D eigenvalue weighted by molar-refractivity contribution is 5.27. The molecule has 0 radical (unpaired) electrons. The van der Waals surface area contributed by atoms with Gasteiger partial charge in [-0.15, -0.1) is 0 Å². The van der Waals surface area contributed by atoms with Crippen LogP contribution in [0.4, 0.5) is 0 Å². The second kappa shape index (κ2) is 7.54. The van der Waals surface area contributed by atoms with Gasteiger partial charge in [-0.2, -0.15) is 0 Å². The first kappa shape index (κ1) is 14.4. The number of phenolic OH excluding ortho intramolecular Hbond substituents is 1. The van der Waals surface area contributed by atoms with Crippen LogP contribution in [0.1, 0.15) is 50.5 Å². The number of aromatic hydroxyl groups is 1. The lowest BCUT2D eigenvalue weighted by atomic mass is 9.83.